The summed E-state index contributed by atoms with van der Waals surface area (Å²) in [5.74, 6) is 0.437. The van der Waals surface area contributed by atoms with Gasteiger partial charge in [-0.05, 0) is 25.8 Å². The molecule has 134 valence electrons. The number of carbonyl (C=O) groups excluding carboxylic acids is 1. The molecule has 1 amide bonds. The molecule has 4 heterocycles. The molecule has 9 nitrogen and oxygen atoms in total. The number of aromatic nitrogens is 4. The van der Waals surface area contributed by atoms with Gasteiger partial charge in [0.2, 0.25) is 5.82 Å². The van der Waals surface area contributed by atoms with E-state index in [1.807, 2.05) is 13.0 Å². The third-order valence-electron chi connectivity index (χ3n) is 4.90. The summed E-state index contributed by atoms with van der Waals surface area (Å²) in [6, 6.07) is 2.20. The fourth-order valence-corrected chi connectivity index (χ4v) is 3.64. The molecule has 0 unspecified atom stereocenters. The molecule has 2 fully saturated rings. The van der Waals surface area contributed by atoms with Crippen LogP contribution in [0.25, 0.3) is 5.78 Å². The van der Waals surface area contributed by atoms with Gasteiger partial charge >= 0.3 is 0 Å². The Balaban J connectivity index is 1.41. The van der Waals surface area contributed by atoms with Crippen molar-refractivity contribution in [2.75, 3.05) is 26.3 Å². The van der Waals surface area contributed by atoms with Crippen LogP contribution in [0.15, 0.2) is 12.3 Å². The summed E-state index contributed by atoms with van der Waals surface area (Å²) in [6.07, 6.45) is 3.34. The van der Waals surface area contributed by atoms with Crippen LogP contribution in [0.5, 0.6) is 0 Å². The van der Waals surface area contributed by atoms with E-state index >= 15 is 0 Å². The van der Waals surface area contributed by atoms with Gasteiger partial charge < -0.3 is 15.2 Å². The Morgan fingerprint density at radius 3 is 3.16 bits per heavy atom. The topological polar surface area (TPSA) is 105 Å². The second-order valence-electron chi connectivity index (χ2n) is 6.74. The van der Waals surface area contributed by atoms with Crippen molar-refractivity contribution in [3.8, 4) is 0 Å². The van der Waals surface area contributed by atoms with Crippen molar-refractivity contribution in [2.24, 2.45) is 0 Å². The van der Waals surface area contributed by atoms with Crippen molar-refractivity contribution < 1.29 is 14.6 Å². The summed E-state index contributed by atoms with van der Waals surface area (Å²) in [6.45, 7) is 4.24. The molecule has 0 saturated carbocycles. The lowest BCUT2D eigenvalue weighted by Crippen LogP contribution is -2.46. The molecular weight excluding hydrogens is 324 g/mol. The minimum absolute atomic E-state index is 0.0553. The molecule has 0 radical (unpaired) electrons. The first kappa shape index (κ1) is 16.4. The fourth-order valence-electron chi connectivity index (χ4n) is 3.64. The molecule has 0 aromatic carbocycles. The van der Waals surface area contributed by atoms with Gasteiger partial charge in [-0.3, -0.25) is 14.1 Å². The quantitative estimate of drug-likeness (QED) is 0.761. The van der Waals surface area contributed by atoms with Gasteiger partial charge in [-0.15, -0.1) is 10.2 Å². The van der Waals surface area contributed by atoms with Crippen molar-refractivity contribution in [1.29, 1.82) is 0 Å². The minimum Gasteiger partial charge on any atom is -0.396 e. The van der Waals surface area contributed by atoms with Crippen LogP contribution < -0.4 is 5.32 Å². The number of nitrogens with zero attached hydrogens (tertiary/aromatic N) is 5. The van der Waals surface area contributed by atoms with Crippen LogP contribution in [0.1, 0.15) is 29.2 Å². The Morgan fingerprint density at radius 2 is 2.32 bits per heavy atom. The summed E-state index contributed by atoms with van der Waals surface area (Å²) < 4.78 is 7.38. The zero-order valence-corrected chi connectivity index (χ0v) is 14.1. The number of ether oxygens (including phenoxy) is 1. The zero-order chi connectivity index (χ0) is 17.4. The molecule has 0 bridgehead atoms. The maximum absolute atomic E-state index is 12.6. The van der Waals surface area contributed by atoms with Crippen LogP contribution in [0, 0.1) is 6.92 Å². The van der Waals surface area contributed by atoms with E-state index in [9.17, 15) is 4.79 Å². The third kappa shape index (κ3) is 3.22. The highest BCUT2D eigenvalue weighted by atomic mass is 16.5. The highest BCUT2D eigenvalue weighted by molar-refractivity contribution is 5.91. The molecule has 0 spiro atoms. The van der Waals surface area contributed by atoms with E-state index in [-0.39, 0.29) is 30.5 Å². The largest absolute Gasteiger partial charge is 0.396 e. The van der Waals surface area contributed by atoms with Gasteiger partial charge in [0.1, 0.15) is 0 Å². The van der Waals surface area contributed by atoms with Crippen LogP contribution in [-0.2, 0) is 4.74 Å². The molecule has 2 saturated heterocycles. The number of hydrogen-bond acceptors (Lipinski definition) is 7. The normalized spacial score (nSPS) is 26.7. The van der Waals surface area contributed by atoms with Gasteiger partial charge in [0.05, 0.1) is 12.7 Å². The Labute approximate surface area is 145 Å². The summed E-state index contributed by atoms with van der Waals surface area (Å²) in [5.41, 5.74) is 0.831. The summed E-state index contributed by atoms with van der Waals surface area (Å²) in [5, 5.41) is 20.1. The van der Waals surface area contributed by atoms with E-state index in [1.165, 1.54) is 0 Å². The zero-order valence-electron chi connectivity index (χ0n) is 14.1. The van der Waals surface area contributed by atoms with Gasteiger partial charge in [-0.1, -0.05) is 0 Å². The van der Waals surface area contributed by atoms with E-state index in [0.29, 0.717) is 24.8 Å². The van der Waals surface area contributed by atoms with Gasteiger partial charge in [-0.2, -0.15) is 0 Å². The minimum atomic E-state index is -0.240. The lowest BCUT2D eigenvalue weighted by atomic mass is 10.1. The van der Waals surface area contributed by atoms with Crippen LogP contribution in [-0.4, -0.2) is 80.0 Å². The molecule has 3 atom stereocenters. The number of rotatable bonds is 4. The molecule has 2 aromatic heterocycles. The van der Waals surface area contributed by atoms with Gasteiger partial charge in [0, 0.05) is 43.7 Å². The smallest absolute Gasteiger partial charge is 0.289 e. The lowest BCUT2D eigenvalue weighted by Gasteiger charge is -2.34. The van der Waals surface area contributed by atoms with Gasteiger partial charge in [0.25, 0.3) is 11.7 Å². The number of carbonyl (C=O) groups is 1. The molecule has 25 heavy (non-hydrogen) atoms. The molecule has 2 aliphatic rings. The van der Waals surface area contributed by atoms with Gasteiger partial charge in [-0.25, -0.2) is 4.98 Å². The first-order chi connectivity index (χ1) is 12.1. The number of fused-ring (bicyclic) bond motifs is 2. The van der Waals surface area contributed by atoms with E-state index in [4.69, 9.17) is 9.84 Å². The van der Waals surface area contributed by atoms with E-state index in [0.717, 1.165) is 25.2 Å². The van der Waals surface area contributed by atoms with Gasteiger partial charge in [0.15, 0.2) is 0 Å². The molecule has 2 aliphatic heterocycles. The molecule has 0 aliphatic carbocycles. The van der Waals surface area contributed by atoms with Crippen LogP contribution in [0.4, 0.5) is 0 Å². The second-order valence-corrected chi connectivity index (χ2v) is 6.74. The highest BCUT2D eigenvalue weighted by Crippen LogP contribution is 2.24. The summed E-state index contributed by atoms with van der Waals surface area (Å²) in [7, 11) is 0. The maximum atomic E-state index is 12.6. The van der Waals surface area contributed by atoms with Crippen molar-refractivity contribution in [1.82, 2.24) is 29.8 Å². The second kappa shape index (κ2) is 6.66. The predicted molar refractivity (Wildman–Crippen MR) is 88.2 cm³/mol. The summed E-state index contributed by atoms with van der Waals surface area (Å²) >= 11 is 0. The molecule has 4 rings (SSSR count). The molecular formula is C16H22N6O3. The highest BCUT2D eigenvalue weighted by Gasteiger charge is 2.38. The average molecular weight is 346 g/mol. The van der Waals surface area contributed by atoms with Crippen LogP contribution in [0.2, 0.25) is 0 Å². The van der Waals surface area contributed by atoms with Crippen molar-refractivity contribution in [3.63, 3.8) is 0 Å². The number of nitrogens with one attached hydrogen (secondary N) is 1. The molecule has 9 heteroatoms. The Bertz CT molecular complexity index is 778. The Hall–Kier alpha value is -2.10. The number of aliphatic hydroxyl groups excluding tert-OH is 1. The fraction of sp³-hybridized carbons (Fsp3) is 0.625. The number of hydrogen-bond donors (Lipinski definition) is 2. The standard InChI is InChI=1S/C16H22N6O3/c1-10-2-4-22-14(19-20-16(22)17-10)15(24)18-11-6-12-9-25-13(3-5-23)8-21(12)7-11/h2,4,11-13,23H,3,5-9H2,1H3,(H,18,24)/t11-,12+,13+/m1/s1. The van der Waals surface area contributed by atoms with E-state index < -0.39 is 0 Å². The summed E-state index contributed by atoms with van der Waals surface area (Å²) in [4.78, 5) is 19.2. The van der Waals surface area contributed by atoms with Crippen LogP contribution >= 0.6 is 0 Å². The number of morpholine rings is 1. The predicted octanol–water partition coefficient (Wildman–Crippen LogP) is -0.613. The molecule has 2 N–H and O–H groups in total. The van der Waals surface area contributed by atoms with Crippen molar-refractivity contribution in [3.05, 3.63) is 23.8 Å². The number of amides is 1. The SMILES string of the molecule is Cc1ccn2c(C(=O)N[C@@H]3C[C@H]4CO[C@@H](CCO)CN4C3)nnc2n1. The van der Waals surface area contributed by atoms with Crippen LogP contribution in [0.3, 0.4) is 0 Å². The first-order valence-corrected chi connectivity index (χ1v) is 8.60. The van der Waals surface area contributed by atoms with E-state index in [1.54, 1.807) is 10.6 Å². The first-order valence-electron chi connectivity index (χ1n) is 8.60. The number of aryl methyl sites for hydroxylation is 1. The Morgan fingerprint density at radius 1 is 1.44 bits per heavy atom. The molecule has 2 aromatic rings. The lowest BCUT2D eigenvalue weighted by molar-refractivity contribution is -0.0566. The average Bonchev–Trinajstić information content (AvgIpc) is 3.17. The monoisotopic (exact) mass is 346 g/mol. The van der Waals surface area contributed by atoms with E-state index in [2.05, 4.69) is 25.4 Å². The maximum Gasteiger partial charge on any atom is 0.289 e. The Kier molecular flexibility index (Phi) is 4.36. The number of aliphatic hydroxyl groups is 1. The third-order valence-corrected chi connectivity index (χ3v) is 4.90. The van der Waals surface area contributed by atoms with Crippen molar-refractivity contribution >= 4 is 11.7 Å². The van der Waals surface area contributed by atoms with Crippen molar-refractivity contribution in [2.45, 2.75) is 38.0 Å².